The number of fused-ring (bicyclic) bond motifs is 1. The Balaban J connectivity index is 1.86. The first-order chi connectivity index (χ1) is 14.5. The lowest BCUT2D eigenvalue weighted by Gasteiger charge is -2.22. The molecule has 0 saturated heterocycles. The fourth-order valence-corrected chi connectivity index (χ4v) is 3.72. The van der Waals surface area contributed by atoms with Gasteiger partial charge in [0.1, 0.15) is 17.7 Å². The zero-order valence-electron chi connectivity index (χ0n) is 16.0. The van der Waals surface area contributed by atoms with Crippen LogP contribution in [-0.4, -0.2) is 19.9 Å². The van der Waals surface area contributed by atoms with Gasteiger partial charge in [0, 0.05) is 16.8 Å². The van der Waals surface area contributed by atoms with Crippen LogP contribution in [0.3, 0.4) is 0 Å². The molecule has 9 heteroatoms. The summed E-state index contributed by atoms with van der Waals surface area (Å²) in [5.41, 5.74) is 16.3. The van der Waals surface area contributed by atoms with Gasteiger partial charge >= 0.3 is 0 Å². The third-order valence-corrected chi connectivity index (χ3v) is 5.12. The van der Waals surface area contributed by atoms with Gasteiger partial charge < -0.3 is 21.8 Å². The van der Waals surface area contributed by atoms with E-state index in [1.165, 1.54) is 24.7 Å². The van der Waals surface area contributed by atoms with E-state index in [2.05, 4.69) is 25.3 Å². The van der Waals surface area contributed by atoms with Crippen molar-refractivity contribution in [2.24, 2.45) is 5.73 Å². The first-order valence-electron chi connectivity index (χ1n) is 9.16. The topological polar surface area (TPSA) is 119 Å². The number of aromatic nitrogens is 4. The molecule has 0 aliphatic heterocycles. The van der Waals surface area contributed by atoms with E-state index in [1.54, 1.807) is 30.6 Å². The van der Waals surface area contributed by atoms with E-state index in [9.17, 15) is 4.39 Å². The first kappa shape index (κ1) is 19.7. The van der Waals surface area contributed by atoms with Crippen LogP contribution in [0.25, 0.3) is 28.4 Å². The minimum Gasteiger partial charge on any atom is -0.405 e. The molecule has 0 spiro atoms. The second-order valence-electron chi connectivity index (χ2n) is 6.71. The summed E-state index contributed by atoms with van der Waals surface area (Å²) < 4.78 is 14.0. The largest absolute Gasteiger partial charge is 0.405 e. The lowest BCUT2D eigenvalue weighted by atomic mass is 9.91. The predicted molar refractivity (Wildman–Crippen MR) is 118 cm³/mol. The van der Waals surface area contributed by atoms with E-state index >= 15 is 0 Å². The molecule has 4 rings (SSSR count). The standard InChI is InChI=1S/C21H19ClFN7/c1-11(30-21-19-20(27-9-26-19)28-10-29-21)15-8-16(22)14(5-6-24)18(25)17(15)12-3-2-4-13(23)7-12/h2-11H,24-25H2,1H3,(H2,26,27,28,29,30)/b6-5-. The normalized spacial score (nSPS) is 12.5. The van der Waals surface area contributed by atoms with Crippen molar-refractivity contribution >= 4 is 40.3 Å². The Bertz CT molecular complexity index is 1250. The summed E-state index contributed by atoms with van der Waals surface area (Å²) in [7, 11) is 0. The number of hydrogen-bond acceptors (Lipinski definition) is 6. The van der Waals surface area contributed by atoms with Crippen LogP contribution < -0.4 is 16.8 Å². The van der Waals surface area contributed by atoms with Gasteiger partial charge in [-0.1, -0.05) is 23.7 Å². The first-order valence-corrected chi connectivity index (χ1v) is 9.54. The fraction of sp³-hybridized carbons (Fsp3) is 0.0952. The van der Waals surface area contributed by atoms with Gasteiger partial charge in [0.15, 0.2) is 11.5 Å². The molecule has 0 aliphatic rings. The van der Waals surface area contributed by atoms with E-state index in [-0.39, 0.29) is 11.9 Å². The number of aromatic amines is 1. The Morgan fingerprint density at radius 2 is 2.07 bits per heavy atom. The van der Waals surface area contributed by atoms with Gasteiger partial charge in [-0.05, 0) is 48.5 Å². The van der Waals surface area contributed by atoms with Crippen molar-refractivity contribution in [1.82, 2.24) is 19.9 Å². The number of H-pyrrole nitrogens is 1. The number of hydrogen-bond donors (Lipinski definition) is 4. The molecular formula is C21H19ClFN7. The number of benzene rings is 2. The maximum Gasteiger partial charge on any atom is 0.182 e. The van der Waals surface area contributed by atoms with Crippen LogP contribution in [0.1, 0.15) is 24.1 Å². The van der Waals surface area contributed by atoms with Crippen molar-refractivity contribution in [3.63, 3.8) is 0 Å². The average molecular weight is 424 g/mol. The smallest absolute Gasteiger partial charge is 0.182 e. The van der Waals surface area contributed by atoms with Gasteiger partial charge in [-0.25, -0.2) is 19.3 Å². The second kappa shape index (κ2) is 8.00. The van der Waals surface area contributed by atoms with Gasteiger partial charge in [0.25, 0.3) is 0 Å². The molecule has 2 aromatic carbocycles. The summed E-state index contributed by atoms with van der Waals surface area (Å²) in [6, 6.07) is 7.78. The number of nitrogen functional groups attached to an aromatic ring is 1. The van der Waals surface area contributed by atoms with Crippen molar-refractivity contribution in [3.8, 4) is 11.1 Å². The molecule has 7 nitrogen and oxygen atoms in total. The van der Waals surface area contributed by atoms with Crippen LogP contribution in [0.15, 0.2) is 49.2 Å². The molecule has 1 atom stereocenters. The number of halogens is 2. The Morgan fingerprint density at radius 3 is 2.83 bits per heavy atom. The molecule has 0 saturated carbocycles. The molecule has 0 radical (unpaired) electrons. The highest BCUT2D eigenvalue weighted by molar-refractivity contribution is 6.33. The molecule has 0 fully saturated rings. The highest BCUT2D eigenvalue weighted by atomic mass is 35.5. The zero-order valence-corrected chi connectivity index (χ0v) is 16.8. The third kappa shape index (κ3) is 3.53. The SMILES string of the molecule is CC(Nc1ncnc2nc[nH]c12)c1cc(Cl)c(/C=C\N)c(N)c1-c1cccc(F)c1. The van der Waals surface area contributed by atoms with Crippen molar-refractivity contribution in [2.75, 3.05) is 11.1 Å². The van der Waals surface area contributed by atoms with Crippen LogP contribution in [0.2, 0.25) is 5.02 Å². The molecule has 2 heterocycles. The van der Waals surface area contributed by atoms with Crippen LogP contribution in [0.5, 0.6) is 0 Å². The summed E-state index contributed by atoms with van der Waals surface area (Å²) in [4.78, 5) is 15.6. The molecule has 0 amide bonds. The number of rotatable bonds is 5. The van der Waals surface area contributed by atoms with Crippen molar-refractivity contribution < 1.29 is 4.39 Å². The van der Waals surface area contributed by atoms with E-state index in [0.29, 0.717) is 44.4 Å². The van der Waals surface area contributed by atoms with E-state index < -0.39 is 0 Å². The van der Waals surface area contributed by atoms with E-state index in [0.717, 1.165) is 5.56 Å². The van der Waals surface area contributed by atoms with Crippen molar-refractivity contribution in [3.05, 3.63) is 71.2 Å². The molecule has 0 bridgehead atoms. The van der Waals surface area contributed by atoms with Crippen LogP contribution in [0, 0.1) is 5.82 Å². The minimum atomic E-state index is -0.362. The number of nitrogens with zero attached hydrogens (tertiary/aromatic N) is 3. The summed E-state index contributed by atoms with van der Waals surface area (Å²) in [6.45, 7) is 1.94. The second-order valence-corrected chi connectivity index (χ2v) is 7.12. The van der Waals surface area contributed by atoms with E-state index in [4.69, 9.17) is 23.1 Å². The zero-order chi connectivity index (χ0) is 21.3. The molecule has 2 aromatic heterocycles. The molecular weight excluding hydrogens is 405 g/mol. The summed E-state index contributed by atoms with van der Waals surface area (Å²) in [5, 5.41) is 3.78. The quantitative estimate of drug-likeness (QED) is 0.351. The third-order valence-electron chi connectivity index (χ3n) is 4.81. The number of nitrogens with one attached hydrogen (secondary N) is 2. The highest BCUT2D eigenvalue weighted by Gasteiger charge is 2.21. The van der Waals surface area contributed by atoms with Gasteiger partial charge in [0.2, 0.25) is 0 Å². The van der Waals surface area contributed by atoms with Crippen molar-refractivity contribution in [2.45, 2.75) is 13.0 Å². The van der Waals surface area contributed by atoms with E-state index in [1.807, 2.05) is 6.92 Å². The predicted octanol–water partition coefficient (Wildman–Crippen LogP) is 4.50. The average Bonchev–Trinajstić information content (AvgIpc) is 3.20. The van der Waals surface area contributed by atoms with Crippen molar-refractivity contribution in [1.29, 1.82) is 0 Å². The maximum atomic E-state index is 14.0. The summed E-state index contributed by atoms with van der Waals surface area (Å²) in [6.07, 6.45) is 5.98. The fourth-order valence-electron chi connectivity index (χ4n) is 3.44. The Hall–Kier alpha value is -3.65. The monoisotopic (exact) mass is 423 g/mol. The number of imidazole rings is 1. The van der Waals surface area contributed by atoms with Crippen LogP contribution >= 0.6 is 11.6 Å². The number of nitrogens with two attached hydrogens (primary N) is 2. The molecule has 152 valence electrons. The van der Waals surface area contributed by atoms with Gasteiger partial charge in [-0.3, -0.25) is 0 Å². The molecule has 30 heavy (non-hydrogen) atoms. The Morgan fingerprint density at radius 1 is 1.23 bits per heavy atom. The van der Waals surface area contributed by atoms with Crippen LogP contribution in [-0.2, 0) is 0 Å². The summed E-state index contributed by atoms with van der Waals surface area (Å²) >= 11 is 6.50. The Kier molecular flexibility index (Phi) is 5.24. The van der Waals surface area contributed by atoms with Gasteiger partial charge in [-0.15, -0.1) is 0 Å². The lowest BCUT2D eigenvalue weighted by Crippen LogP contribution is -2.12. The molecule has 0 aliphatic carbocycles. The molecule has 4 aromatic rings. The molecule has 6 N–H and O–H groups in total. The van der Waals surface area contributed by atoms with Gasteiger partial charge in [-0.2, -0.15) is 0 Å². The minimum absolute atomic E-state index is 0.277. The Labute approximate surface area is 177 Å². The number of anilines is 2. The molecule has 1 unspecified atom stereocenters. The lowest BCUT2D eigenvalue weighted by molar-refractivity contribution is 0.628. The maximum absolute atomic E-state index is 14.0. The van der Waals surface area contributed by atoms with Crippen LogP contribution in [0.4, 0.5) is 15.9 Å². The highest BCUT2D eigenvalue weighted by Crippen LogP contribution is 2.41. The summed E-state index contributed by atoms with van der Waals surface area (Å²) in [5.74, 6) is 0.218. The van der Waals surface area contributed by atoms with Gasteiger partial charge in [0.05, 0.1) is 17.4 Å².